The number of hydrogen-bond donors (Lipinski definition) is 1. The minimum Gasteiger partial charge on any atom is -0.349 e. The van der Waals surface area contributed by atoms with Crippen LogP contribution in [0.25, 0.3) is 0 Å². The first-order valence-electron chi connectivity index (χ1n) is 4.29. The van der Waals surface area contributed by atoms with Crippen molar-refractivity contribution >= 4 is 33.4 Å². The summed E-state index contributed by atoms with van der Waals surface area (Å²) in [6.07, 6.45) is 3.68. The van der Waals surface area contributed by atoms with Crippen LogP contribution in [0.5, 0.6) is 0 Å². The number of rotatable bonds is 2. The number of halogens is 2. The van der Waals surface area contributed by atoms with E-state index in [1.165, 1.54) is 6.20 Å². The van der Waals surface area contributed by atoms with Gasteiger partial charge in [-0.2, -0.15) is 0 Å². The van der Waals surface area contributed by atoms with Crippen molar-refractivity contribution in [1.82, 2.24) is 10.3 Å². The minimum absolute atomic E-state index is 0.0938. The molecule has 0 saturated heterocycles. The fourth-order valence-electron chi connectivity index (χ4n) is 1.08. The third kappa shape index (κ3) is 2.25. The molecule has 74 valence electrons. The molecule has 0 spiro atoms. The van der Waals surface area contributed by atoms with Crippen molar-refractivity contribution in [3.05, 3.63) is 27.5 Å². The van der Waals surface area contributed by atoms with Crippen molar-refractivity contribution in [2.45, 2.75) is 18.9 Å². The molecule has 1 aromatic rings. The summed E-state index contributed by atoms with van der Waals surface area (Å²) in [6, 6.07) is 1.91. The molecule has 1 aliphatic rings. The Morgan fingerprint density at radius 3 is 3.00 bits per heavy atom. The second-order valence-electron chi connectivity index (χ2n) is 3.23. The third-order valence-electron chi connectivity index (χ3n) is 1.98. The second-order valence-corrected chi connectivity index (χ2v) is 4.48. The van der Waals surface area contributed by atoms with E-state index in [1.807, 2.05) is 0 Å². The molecule has 1 heterocycles. The Morgan fingerprint density at radius 2 is 2.36 bits per heavy atom. The Morgan fingerprint density at radius 1 is 1.64 bits per heavy atom. The standard InChI is InChI=1S/C9H8BrClN2O/c10-7-4-12-8(11)3-6(7)9(14)13-5-1-2-5/h3-5H,1-2H2,(H,13,14). The maximum atomic E-state index is 11.6. The summed E-state index contributed by atoms with van der Waals surface area (Å²) in [5.74, 6) is -0.0938. The molecule has 1 fully saturated rings. The number of nitrogens with zero attached hydrogens (tertiary/aromatic N) is 1. The van der Waals surface area contributed by atoms with Crippen LogP contribution in [0.4, 0.5) is 0 Å². The first-order chi connectivity index (χ1) is 6.66. The lowest BCUT2D eigenvalue weighted by atomic mass is 10.2. The molecule has 14 heavy (non-hydrogen) atoms. The summed E-state index contributed by atoms with van der Waals surface area (Å²) in [4.78, 5) is 15.5. The quantitative estimate of drug-likeness (QED) is 0.842. The molecule has 0 radical (unpaired) electrons. The maximum Gasteiger partial charge on any atom is 0.252 e. The van der Waals surface area contributed by atoms with Crippen LogP contribution in [0.1, 0.15) is 23.2 Å². The lowest BCUT2D eigenvalue weighted by molar-refractivity contribution is 0.0950. The fourth-order valence-corrected chi connectivity index (χ4v) is 1.63. The van der Waals surface area contributed by atoms with Crippen molar-refractivity contribution in [3.63, 3.8) is 0 Å². The van der Waals surface area contributed by atoms with Gasteiger partial charge in [0.15, 0.2) is 0 Å². The van der Waals surface area contributed by atoms with Gasteiger partial charge in [-0.05, 0) is 34.8 Å². The predicted octanol–water partition coefficient (Wildman–Crippen LogP) is 2.39. The number of carbonyl (C=O) groups is 1. The molecule has 0 bridgehead atoms. The lowest BCUT2D eigenvalue weighted by Gasteiger charge is -2.04. The molecule has 0 aliphatic heterocycles. The van der Waals surface area contributed by atoms with Gasteiger partial charge in [-0.15, -0.1) is 0 Å². The van der Waals surface area contributed by atoms with Gasteiger partial charge in [0.2, 0.25) is 0 Å². The lowest BCUT2D eigenvalue weighted by Crippen LogP contribution is -2.25. The predicted molar refractivity (Wildman–Crippen MR) is 57.4 cm³/mol. The van der Waals surface area contributed by atoms with E-state index in [-0.39, 0.29) is 5.91 Å². The van der Waals surface area contributed by atoms with E-state index >= 15 is 0 Å². The highest BCUT2D eigenvalue weighted by Gasteiger charge is 2.24. The topological polar surface area (TPSA) is 42.0 Å². The number of hydrogen-bond acceptors (Lipinski definition) is 2. The Kier molecular flexibility index (Phi) is 2.74. The van der Waals surface area contributed by atoms with Crippen LogP contribution >= 0.6 is 27.5 Å². The molecule has 0 aromatic carbocycles. The van der Waals surface area contributed by atoms with Crippen LogP contribution in [-0.4, -0.2) is 16.9 Å². The van der Waals surface area contributed by atoms with Crippen molar-refractivity contribution < 1.29 is 4.79 Å². The SMILES string of the molecule is O=C(NC1CC1)c1cc(Cl)ncc1Br. The molecular weight excluding hydrogens is 267 g/mol. The first kappa shape index (κ1) is 9.93. The maximum absolute atomic E-state index is 11.6. The monoisotopic (exact) mass is 274 g/mol. The van der Waals surface area contributed by atoms with Crippen LogP contribution in [0, 0.1) is 0 Å². The zero-order valence-electron chi connectivity index (χ0n) is 7.26. The molecular formula is C9H8BrClN2O. The third-order valence-corrected chi connectivity index (χ3v) is 2.82. The van der Waals surface area contributed by atoms with Gasteiger partial charge in [0.1, 0.15) is 5.15 Å². The van der Waals surface area contributed by atoms with Crippen LogP contribution in [0.3, 0.4) is 0 Å². The molecule has 1 aliphatic carbocycles. The molecule has 1 aromatic heterocycles. The Balaban J connectivity index is 2.20. The molecule has 2 rings (SSSR count). The van der Waals surface area contributed by atoms with Crippen LogP contribution in [0.2, 0.25) is 5.15 Å². The Labute approximate surface area is 95.0 Å². The minimum atomic E-state index is -0.0938. The molecule has 1 saturated carbocycles. The molecule has 3 nitrogen and oxygen atoms in total. The van der Waals surface area contributed by atoms with Gasteiger partial charge in [-0.1, -0.05) is 11.6 Å². The van der Waals surface area contributed by atoms with Gasteiger partial charge in [0.05, 0.1) is 5.56 Å². The van der Waals surface area contributed by atoms with E-state index in [0.29, 0.717) is 21.2 Å². The van der Waals surface area contributed by atoms with E-state index in [0.717, 1.165) is 12.8 Å². The van der Waals surface area contributed by atoms with Crippen molar-refractivity contribution in [1.29, 1.82) is 0 Å². The summed E-state index contributed by atoms with van der Waals surface area (Å²) in [6.45, 7) is 0. The van der Waals surface area contributed by atoms with E-state index < -0.39 is 0 Å². The van der Waals surface area contributed by atoms with Crippen molar-refractivity contribution in [2.24, 2.45) is 0 Å². The van der Waals surface area contributed by atoms with Gasteiger partial charge in [0, 0.05) is 16.7 Å². The molecule has 0 atom stereocenters. The summed E-state index contributed by atoms with van der Waals surface area (Å²) < 4.78 is 0.667. The number of nitrogens with one attached hydrogen (secondary N) is 1. The summed E-state index contributed by atoms with van der Waals surface area (Å²) >= 11 is 8.96. The largest absolute Gasteiger partial charge is 0.349 e. The average Bonchev–Trinajstić information content (AvgIpc) is 2.93. The smallest absolute Gasteiger partial charge is 0.252 e. The summed E-state index contributed by atoms with van der Waals surface area (Å²) in [5, 5.41) is 3.21. The fraction of sp³-hybridized carbons (Fsp3) is 0.333. The van der Waals surface area contributed by atoms with Gasteiger partial charge in [-0.3, -0.25) is 4.79 Å². The van der Waals surface area contributed by atoms with Gasteiger partial charge in [0.25, 0.3) is 5.91 Å². The van der Waals surface area contributed by atoms with Crippen molar-refractivity contribution in [2.75, 3.05) is 0 Å². The van der Waals surface area contributed by atoms with E-state index in [2.05, 4.69) is 26.2 Å². The highest BCUT2D eigenvalue weighted by molar-refractivity contribution is 9.10. The second kappa shape index (κ2) is 3.87. The summed E-state index contributed by atoms with van der Waals surface area (Å²) in [7, 11) is 0. The van der Waals surface area contributed by atoms with Crippen LogP contribution in [-0.2, 0) is 0 Å². The summed E-state index contributed by atoms with van der Waals surface area (Å²) in [5.41, 5.74) is 0.539. The van der Waals surface area contributed by atoms with E-state index in [1.54, 1.807) is 6.07 Å². The van der Waals surface area contributed by atoms with E-state index in [9.17, 15) is 4.79 Å². The molecule has 0 unspecified atom stereocenters. The highest BCUT2D eigenvalue weighted by atomic mass is 79.9. The van der Waals surface area contributed by atoms with E-state index in [4.69, 9.17) is 11.6 Å². The zero-order valence-corrected chi connectivity index (χ0v) is 9.60. The Bertz CT molecular complexity index is 379. The zero-order chi connectivity index (χ0) is 10.1. The Hall–Kier alpha value is -0.610. The van der Waals surface area contributed by atoms with Crippen molar-refractivity contribution in [3.8, 4) is 0 Å². The number of amides is 1. The normalized spacial score (nSPS) is 15.3. The first-order valence-corrected chi connectivity index (χ1v) is 5.46. The van der Waals surface area contributed by atoms with Gasteiger partial charge < -0.3 is 5.32 Å². The van der Waals surface area contributed by atoms with Gasteiger partial charge in [-0.25, -0.2) is 4.98 Å². The highest BCUT2D eigenvalue weighted by Crippen LogP contribution is 2.22. The molecule has 1 N–H and O–H groups in total. The average molecular weight is 276 g/mol. The van der Waals surface area contributed by atoms with Crippen LogP contribution < -0.4 is 5.32 Å². The number of carbonyl (C=O) groups excluding carboxylic acids is 1. The van der Waals surface area contributed by atoms with Crippen LogP contribution in [0.15, 0.2) is 16.7 Å². The molecule has 1 amide bonds. The number of aromatic nitrogens is 1. The number of pyridine rings is 1. The van der Waals surface area contributed by atoms with Gasteiger partial charge >= 0.3 is 0 Å². The molecule has 5 heteroatoms.